The first-order valence-corrected chi connectivity index (χ1v) is 2.76. The molecule has 0 aliphatic carbocycles. The van der Waals surface area contributed by atoms with Gasteiger partial charge in [0.25, 0.3) is 0 Å². The van der Waals surface area contributed by atoms with Crippen LogP contribution >= 0.6 is 11.8 Å². The van der Waals surface area contributed by atoms with Crippen molar-refractivity contribution in [1.82, 2.24) is 4.42 Å². The van der Waals surface area contributed by atoms with Crippen molar-refractivity contribution in [3.63, 3.8) is 0 Å². The van der Waals surface area contributed by atoms with Crippen LogP contribution in [0, 0.1) is 0 Å². The van der Waals surface area contributed by atoms with Crippen molar-refractivity contribution in [1.29, 1.82) is 0 Å². The second-order valence-electron chi connectivity index (χ2n) is 1.66. The minimum Gasteiger partial charge on any atom is -0.295 e. The Hall–Kier alpha value is -0.500. The van der Waals surface area contributed by atoms with Crippen LogP contribution in [0.2, 0.25) is 0 Å². The van der Waals surface area contributed by atoms with Gasteiger partial charge >= 0.3 is 0 Å². The summed E-state index contributed by atoms with van der Waals surface area (Å²) < 4.78 is 1.47. The Balaban J connectivity index is 2.55. The molecule has 8 heavy (non-hydrogen) atoms. The van der Waals surface area contributed by atoms with Gasteiger partial charge in [-0.05, 0) is 6.08 Å². The molecule has 1 rings (SSSR count). The molecule has 0 fully saturated rings. The highest BCUT2D eigenvalue weighted by Gasteiger charge is 2.05. The van der Waals surface area contributed by atoms with Crippen molar-refractivity contribution in [3.8, 4) is 0 Å². The topological polar surface area (TPSA) is 20.3 Å². The SMILES string of the molecule is O=C1C=CN(Cl)CC1. The van der Waals surface area contributed by atoms with Gasteiger partial charge < -0.3 is 0 Å². The molecule has 2 nitrogen and oxygen atoms in total. The molecule has 1 aliphatic rings. The van der Waals surface area contributed by atoms with Gasteiger partial charge in [-0.25, -0.2) is 0 Å². The normalized spacial score (nSPS) is 19.6. The second kappa shape index (κ2) is 2.18. The first kappa shape index (κ1) is 5.63. The van der Waals surface area contributed by atoms with Crippen molar-refractivity contribution in [3.05, 3.63) is 12.3 Å². The van der Waals surface area contributed by atoms with Gasteiger partial charge in [-0.1, -0.05) is 0 Å². The summed E-state index contributed by atoms with van der Waals surface area (Å²) in [6, 6.07) is 0. The molecule has 3 heteroatoms. The van der Waals surface area contributed by atoms with Crippen LogP contribution in [0.15, 0.2) is 12.3 Å². The fraction of sp³-hybridized carbons (Fsp3) is 0.400. The number of ketones is 1. The Morgan fingerprint density at radius 3 is 2.88 bits per heavy atom. The Labute approximate surface area is 52.8 Å². The summed E-state index contributed by atoms with van der Waals surface area (Å²) in [7, 11) is 0. The van der Waals surface area contributed by atoms with E-state index in [0.29, 0.717) is 13.0 Å². The molecule has 0 aromatic rings. The minimum atomic E-state index is 0.155. The monoisotopic (exact) mass is 131 g/mol. The standard InChI is InChI=1S/C5H6ClNO/c6-7-3-1-5(8)2-4-7/h1,3H,2,4H2. The molecule has 0 aromatic heterocycles. The van der Waals surface area contributed by atoms with Crippen LogP contribution in [0.3, 0.4) is 0 Å². The molecule has 0 saturated carbocycles. The highest BCUT2D eigenvalue weighted by molar-refractivity contribution is 6.14. The van der Waals surface area contributed by atoms with Gasteiger partial charge in [0, 0.05) is 30.9 Å². The van der Waals surface area contributed by atoms with Gasteiger partial charge in [0.15, 0.2) is 5.78 Å². The van der Waals surface area contributed by atoms with Crippen molar-refractivity contribution < 1.29 is 4.79 Å². The van der Waals surface area contributed by atoms with Crippen molar-refractivity contribution in [2.24, 2.45) is 0 Å². The summed E-state index contributed by atoms with van der Waals surface area (Å²) in [4.78, 5) is 10.4. The number of halogens is 1. The van der Waals surface area contributed by atoms with E-state index in [1.807, 2.05) is 0 Å². The Bertz CT molecular complexity index is 132. The Kier molecular flexibility index (Phi) is 1.53. The van der Waals surface area contributed by atoms with Gasteiger partial charge in [0.05, 0.1) is 0 Å². The van der Waals surface area contributed by atoms with Crippen LogP contribution in [0.5, 0.6) is 0 Å². The van der Waals surface area contributed by atoms with Gasteiger partial charge in [0.1, 0.15) is 0 Å². The van der Waals surface area contributed by atoms with Crippen LogP contribution in [-0.4, -0.2) is 16.7 Å². The average Bonchev–Trinajstić information content (AvgIpc) is 1.77. The first-order valence-electron chi connectivity index (χ1n) is 2.42. The third kappa shape index (κ3) is 1.23. The lowest BCUT2D eigenvalue weighted by atomic mass is 10.2. The van der Waals surface area contributed by atoms with Gasteiger partial charge in [-0.15, -0.1) is 0 Å². The molecule has 1 aliphatic heterocycles. The lowest BCUT2D eigenvalue weighted by Crippen LogP contribution is -2.15. The summed E-state index contributed by atoms with van der Waals surface area (Å²) in [5, 5.41) is 0. The van der Waals surface area contributed by atoms with E-state index in [0.717, 1.165) is 0 Å². The molecular weight excluding hydrogens is 126 g/mol. The van der Waals surface area contributed by atoms with E-state index in [2.05, 4.69) is 0 Å². The van der Waals surface area contributed by atoms with Crippen molar-refractivity contribution in [2.45, 2.75) is 6.42 Å². The zero-order valence-corrected chi connectivity index (χ0v) is 5.06. The largest absolute Gasteiger partial charge is 0.295 e. The molecule has 0 bridgehead atoms. The number of rotatable bonds is 0. The number of hydrogen-bond acceptors (Lipinski definition) is 2. The Morgan fingerprint density at radius 1 is 1.75 bits per heavy atom. The predicted octanol–water partition coefficient (Wildman–Crippen LogP) is 0.929. The maximum Gasteiger partial charge on any atom is 0.158 e. The van der Waals surface area contributed by atoms with Crippen molar-refractivity contribution in [2.75, 3.05) is 6.54 Å². The fourth-order valence-electron chi connectivity index (χ4n) is 0.539. The van der Waals surface area contributed by atoms with Crippen LogP contribution in [0.1, 0.15) is 6.42 Å². The fourth-order valence-corrected chi connectivity index (χ4v) is 0.680. The van der Waals surface area contributed by atoms with E-state index >= 15 is 0 Å². The summed E-state index contributed by atoms with van der Waals surface area (Å²) in [6.45, 7) is 0.636. The third-order valence-corrected chi connectivity index (χ3v) is 1.28. The van der Waals surface area contributed by atoms with E-state index in [1.54, 1.807) is 6.20 Å². The summed E-state index contributed by atoms with van der Waals surface area (Å²) in [5.74, 6) is 0.155. The molecule has 0 unspecified atom stereocenters. The summed E-state index contributed by atoms with van der Waals surface area (Å²) in [6.07, 6.45) is 3.60. The molecule has 0 saturated heterocycles. The predicted molar refractivity (Wildman–Crippen MR) is 31.3 cm³/mol. The second-order valence-corrected chi connectivity index (χ2v) is 2.09. The molecule has 0 spiro atoms. The summed E-state index contributed by atoms with van der Waals surface area (Å²) in [5.41, 5.74) is 0. The molecular formula is C5H6ClNO. The summed E-state index contributed by atoms with van der Waals surface area (Å²) >= 11 is 5.48. The highest BCUT2D eigenvalue weighted by Crippen LogP contribution is 2.03. The lowest BCUT2D eigenvalue weighted by molar-refractivity contribution is -0.115. The number of allylic oxidation sites excluding steroid dienone is 1. The first-order chi connectivity index (χ1) is 3.79. The van der Waals surface area contributed by atoms with Gasteiger partial charge in [-0.3, -0.25) is 9.21 Å². The van der Waals surface area contributed by atoms with Gasteiger partial charge in [0.2, 0.25) is 0 Å². The smallest absolute Gasteiger partial charge is 0.158 e. The molecule has 0 amide bonds. The van der Waals surface area contributed by atoms with Crippen molar-refractivity contribution >= 4 is 17.6 Å². The van der Waals surface area contributed by atoms with Crippen LogP contribution < -0.4 is 0 Å². The van der Waals surface area contributed by atoms with E-state index in [-0.39, 0.29) is 5.78 Å². The minimum absolute atomic E-state index is 0.155. The molecule has 44 valence electrons. The van der Waals surface area contributed by atoms with Crippen LogP contribution in [-0.2, 0) is 4.79 Å². The number of carbonyl (C=O) groups excluding carboxylic acids is 1. The van der Waals surface area contributed by atoms with E-state index in [4.69, 9.17) is 11.8 Å². The molecule has 0 radical (unpaired) electrons. The van der Waals surface area contributed by atoms with Gasteiger partial charge in [-0.2, -0.15) is 0 Å². The van der Waals surface area contributed by atoms with E-state index < -0.39 is 0 Å². The highest BCUT2D eigenvalue weighted by atomic mass is 35.5. The zero-order valence-electron chi connectivity index (χ0n) is 4.30. The quantitative estimate of drug-likeness (QED) is 0.456. The average molecular weight is 132 g/mol. The zero-order chi connectivity index (χ0) is 5.98. The maximum absolute atomic E-state index is 10.4. The molecule has 0 aromatic carbocycles. The van der Waals surface area contributed by atoms with E-state index in [1.165, 1.54) is 10.5 Å². The third-order valence-electron chi connectivity index (χ3n) is 0.994. The number of nitrogens with zero attached hydrogens (tertiary/aromatic N) is 1. The van der Waals surface area contributed by atoms with Crippen LogP contribution in [0.25, 0.3) is 0 Å². The molecule has 1 heterocycles. The molecule has 0 N–H and O–H groups in total. The lowest BCUT2D eigenvalue weighted by Gasteiger charge is -2.11. The van der Waals surface area contributed by atoms with E-state index in [9.17, 15) is 4.79 Å². The maximum atomic E-state index is 10.4. The number of hydrogen-bond donors (Lipinski definition) is 0. The number of carbonyl (C=O) groups is 1. The Morgan fingerprint density at radius 2 is 2.50 bits per heavy atom. The molecule has 0 atom stereocenters. The van der Waals surface area contributed by atoms with Crippen LogP contribution in [0.4, 0.5) is 0 Å².